The third kappa shape index (κ3) is 1.93. The van der Waals surface area contributed by atoms with Gasteiger partial charge < -0.3 is 10.0 Å². The van der Waals surface area contributed by atoms with Gasteiger partial charge in [0.1, 0.15) is 5.82 Å². The van der Waals surface area contributed by atoms with Crippen molar-refractivity contribution in [1.82, 2.24) is 4.98 Å². The molecular weight excluding hydrogens is 192 g/mol. The largest absolute Gasteiger partial charge is 0.481 e. The molecule has 15 heavy (non-hydrogen) atoms. The lowest BCUT2D eigenvalue weighted by molar-refractivity contribution is -0.142. The number of anilines is 1. The molecule has 0 bridgehead atoms. The summed E-state index contributed by atoms with van der Waals surface area (Å²) in [7, 11) is 0. The lowest BCUT2D eigenvalue weighted by atomic mass is 9.99. The molecule has 2 rings (SSSR count). The van der Waals surface area contributed by atoms with Gasteiger partial charge in [-0.3, -0.25) is 4.79 Å². The number of rotatable bonds is 2. The summed E-state index contributed by atoms with van der Waals surface area (Å²) < 4.78 is 0. The van der Waals surface area contributed by atoms with Gasteiger partial charge in [-0.1, -0.05) is 13.0 Å². The normalized spacial score (nSPS) is 25.5. The van der Waals surface area contributed by atoms with Crippen molar-refractivity contribution < 1.29 is 9.90 Å². The molecule has 1 N–H and O–H groups in total. The number of aliphatic carboxylic acids is 1. The van der Waals surface area contributed by atoms with Crippen LogP contribution in [0.15, 0.2) is 24.4 Å². The Kier molecular flexibility index (Phi) is 2.58. The van der Waals surface area contributed by atoms with Gasteiger partial charge in [-0.2, -0.15) is 0 Å². The Morgan fingerprint density at radius 3 is 2.87 bits per heavy atom. The highest BCUT2D eigenvalue weighted by atomic mass is 16.4. The molecule has 1 saturated heterocycles. The summed E-state index contributed by atoms with van der Waals surface area (Å²) in [6.07, 6.45) is 1.73. The van der Waals surface area contributed by atoms with E-state index >= 15 is 0 Å². The number of carboxylic acid groups (broad SMARTS) is 1. The van der Waals surface area contributed by atoms with Crippen LogP contribution in [0.2, 0.25) is 0 Å². The maximum absolute atomic E-state index is 10.9. The Morgan fingerprint density at radius 2 is 2.33 bits per heavy atom. The number of aromatic nitrogens is 1. The molecule has 0 spiro atoms. The van der Waals surface area contributed by atoms with Gasteiger partial charge in [0.25, 0.3) is 0 Å². The van der Waals surface area contributed by atoms with E-state index in [4.69, 9.17) is 5.11 Å². The van der Waals surface area contributed by atoms with Crippen LogP contribution in [0.5, 0.6) is 0 Å². The Balaban J connectivity index is 2.13. The lowest BCUT2D eigenvalue weighted by Gasteiger charge is -2.16. The third-order valence-electron chi connectivity index (χ3n) is 2.90. The Bertz CT molecular complexity index is 353. The van der Waals surface area contributed by atoms with E-state index in [0.717, 1.165) is 12.4 Å². The topological polar surface area (TPSA) is 53.4 Å². The van der Waals surface area contributed by atoms with Crippen LogP contribution in [0.4, 0.5) is 5.82 Å². The van der Waals surface area contributed by atoms with Crippen LogP contribution >= 0.6 is 0 Å². The van der Waals surface area contributed by atoms with Gasteiger partial charge >= 0.3 is 5.97 Å². The van der Waals surface area contributed by atoms with Crippen molar-refractivity contribution in [3.63, 3.8) is 0 Å². The maximum Gasteiger partial charge on any atom is 0.308 e. The molecule has 2 atom stereocenters. The zero-order valence-corrected chi connectivity index (χ0v) is 8.63. The Hall–Kier alpha value is -1.58. The number of pyridine rings is 1. The van der Waals surface area contributed by atoms with Gasteiger partial charge in [0.2, 0.25) is 0 Å². The summed E-state index contributed by atoms with van der Waals surface area (Å²) in [6, 6.07) is 5.69. The molecule has 4 heteroatoms. The minimum absolute atomic E-state index is 0.185. The van der Waals surface area contributed by atoms with E-state index in [1.165, 1.54) is 0 Å². The first-order valence-electron chi connectivity index (χ1n) is 5.07. The summed E-state index contributed by atoms with van der Waals surface area (Å²) in [4.78, 5) is 17.2. The molecule has 0 saturated carbocycles. The van der Waals surface area contributed by atoms with Crippen molar-refractivity contribution in [2.45, 2.75) is 6.92 Å². The van der Waals surface area contributed by atoms with Crippen LogP contribution in [-0.2, 0) is 4.79 Å². The van der Waals surface area contributed by atoms with Crippen molar-refractivity contribution in [3.8, 4) is 0 Å². The van der Waals surface area contributed by atoms with Gasteiger partial charge in [0, 0.05) is 19.3 Å². The zero-order chi connectivity index (χ0) is 10.8. The molecule has 0 aliphatic carbocycles. The summed E-state index contributed by atoms with van der Waals surface area (Å²) in [5.74, 6) is 0.0746. The number of carboxylic acids is 1. The highest BCUT2D eigenvalue weighted by molar-refractivity contribution is 5.72. The van der Waals surface area contributed by atoms with Crippen molar-refractivity contribution in [3.05, 3.63) is 24.4 Å². The Labute approximate surface area is 88.6 Å². The van der Waals surface area contributed by atoms with Gasteiger partial charge in [0.05, 0.1) is 5.92 Å². The summed E-state index contributed by atoms with van der Waals surface area (Å²) in [5, 5.41) is 9.00. The van der Waals surface area contributed by atoms with E-state index in [9.17, 15) is 4.79 Å². The summed E-state index contributed by atoms with van der Waals surface area (Å²) >= 11 is 0. The van der Waals surface area contributed by atoms with Gasteiger partial charge in [0.15, 0.2) is 0 Å². The number of nitrogens with zero attached hydrogens (tertiary/aromatic N) is 2. The molecule has 0 radical (unpaired) electrons. The van der Waals surface area contributed by atoms with E-state index in [1.807, 2.05) is 30.0 Å². The predicted octanol–water partition coefficient (Wildman–Crippen LogP) is 1.24. The minimum atomic E-state index is -0.707. The fraction of sp³-hybridized carbons (Fsp3) is 0.455. The van der Waals surface area contributed by atoms with Gasteiger partial charge in [-0.05, 0) is 18.1 Å². The van der Waals surface area contributed by atoms with E-state index < -0.39 is 5.97 Å². The second kappa shape index (κ2) is 3.88. The van der Waals surface area contributed by atoms with Crippen LogP contribution < -0.4 is 4.90 Å². The number of hydrogen-bond donors (Lipinski definition) is 1. The van der Waals surface area contributed by atoms with Gasteiger partial charge in [-0.15, -0.1) is 0 Å². The Morgan fingerprint density at radius 1 is 1.53 bits per heavy atom. The average Bonchev–Trinajstić information content (AvgIpc) is 2.62. The molecule has 0 unspecified atom stereocenters. The lowest BCUT2D eigenvalue weighted by Crippen LogP contribution is -2.23. The van der Waals surface area contributed by atoms with Crippen molar-refractivity contribution in [1.29, 1.82) is 0 Å². The second-order valence-electron chi connectivity index (χ2n) is 4.01. The second-order valence-corrected chi connectivity index (χ2v) is 4.01. The summed E-state index contributed by atoms with van der Waals surface area (Å²) in [5.41, 5.74) is 0. The fourth-order valence-corrected chi connectivity index (χ4v) is 2.02. The standard InChI is InChI=1S/C11H14N2O2/c1-8-6-13(7-9(8)11(14)15)10-4-2-3-5-12-10/h2-5,8-9H,6-7H2,1H3,(H,14,15)/t8-,9+/m0/s1. The average molecular weight is 206 g/mol. The van der Waals surface area contributed by atoms with E-state index in [-0.39, 0.29) is 11.8 Å². The van der Waals surface area contributed by atoms with E-state index in [1.54, 1.807) is 6.20 Å². The smallest absolute Gasteiger partial charge is 0.308 e. The van der Waals surface area contributed by atoms with Crippen LogP contribution in [0.1, 0.15) is 6.92 Å². The molecule has 80 valence electrons. The first-order valence-corrected chi connectivity index (χ1v) is 5.07. The molecule has 2 heterocycles. The van der Waals surface area contributed by atoms with E-state index in [0.29, 0.717) is 6.54 Å². The molecule has 1 aliphatic heterocycles. The van der Waals surface area contributed by atoms with Crippen LogP contribution in [0.25, 0.3) is 0 Å². The highest BCUT2D eigenvalue weighted by Crippen LogP contribution is 2.26. The molecule has 0 amide bonds. The number of carbonyl (C=O) groups is 1. The van der Waals surface area contributed by atoms with Crippen molar-refractivity contribution in [2.24, 2.45) is 11.8 Å². The van der Waals surface area contributed by atoms with Crippen LogP contribution in [0.3, 0.4) is 0 Å². The maximum atomic E-state index is 10.9. The molecular formula is C11H14N2O2. The zero-order valence-electron chi connectivity index (χ0n) is 8.63. The predicted molar refractivity (Wildman–Crippen MR) is 56.7 cm³/mol. The van der Waals surface area contributed by atoms with Crippen LogP contribution in [0, 0.1) is 11.8 Å². The molecule has 1 fully saturated rings. The molecule has 0 aromatic carbocycles. The SMILES string of the molecule is C[C@H]1CN(c2ccccn2)C[C@H]1C(=O)O. The molecule has 4 nitrogen and oxygen atoms in total. The molecule has 1 aromatic rings. The first-order chi connectivity index (χ1) is 7.18. The number of hydrogen-bond acceptors (Lipinski definition) is 3. The minimum Gasteiger partial charge on any atom is -0.481 e. The monoisotopic (exact) mass is 206 g/mol. The third-order valence-corrected chi connectivity index (χ3v) is 2.90. The van der Waals surface area contributed by atoms with Crippen molar-refractivity contribution >= 4 is 11.8 Å². The van der Waals surface area contributed by atoms with Gasteiger partial charge in [-0.25, -0.2) is 4.98 Å². The fourth-order valence-electron chi connectivity index (χ4n) is 2.02. The highest BCUT2D eigenvalue weighted by Gasteiger charge is 2.35. The van der Waals surface area contributed by atoms with E-state index in [2.05, 4.69) is 4.98 Å². The van der Waals surface area contributed by atoms with Crippen molar-refractivity contribution in [2.75, 3.05) is 18.0 Å². The quantitative estimate of drug-likeness (QED) is 0.791. The summed E-state index contributed by atoms with van der Waals surface area (Å²) in [6.45, 7) is 3.31. The molecule has 1 aliphatic rings. The first kappa shape index (κ1) is 9.96. The molecule has 1 aromatic heterocycles. The van der Waals surface area contributed by atoms with Crippen LogP contribution in [-0.4, -0.2) is 29.1 Å².